The van der Waals surface area contributed by atoms with Gasteiger partial charge in [0, 0.05) is 10.6 Å². The van der Waals surface area contributed by atoms with Crippen molar-refractivity contribution in [3.8, 4) is 5.75 Å². The van der Waals surface area contributed by atoms with Crippen molar-refractivity contribution in [3.05, 3.63) is 27.8 Å². The Bertz CT molecular complexity index is 494. The number of benzene rings is 1. The van der Waals surface area contributed by atoms with Gasteiger partial charge in [0.2, 0.25) is 0 Å². The van der Waals surface area contributed by atoms with Crippen LogP contribution < -0.4 is 4.74 Å². The molecule has 0 aromatic heterocycles. The van der Waals surface area contributed by atoms with Crippen molar-refractivity contribution in [1.82, 2.24) is 0 Å². The molecule has 0 aliphatic heterocycles. The van der Waals surface area contributed by atoms with E-state index in [1.165, 1.54) is 14.2 Å². The van der Waals surface area contributed by atoms with Gasteiger partial charge in [0.1, 0.15) is 12.2 Å². The van der Waals surface area contributed by atoms with Gasteiger partial charge in [-0.05, 0) is 25.5 Å². The van der Waals surface area contributed by atoms with Crippen molar-refractivity contribution < 1.29 is 19.1 Å². The quantitative estimate of drug-likeness (QED) is 0.480. The molecule has 0 saturated heterocycles. The van der Waals surface area contributed by atoms with E-state index in [0.717, 1.165) is 0 Å². The molecule has 0 bridgehead atoms. The van der Waals surface area contributed by atoms with Crippen molar-refractivity contribution in [2.45, 2.75) is 20.3 Å². The zero-order valence-corrected chi connectivity index (χ0v) is 11.6. The normalized spacial score (nSPS) is 10.1. The van der Waals surface area contributed by atoms with Crippen molar-refractivity contribution >= 4 is 23.4 Å². The topological polar surface area (TPSA) is 52.6 Å². The largest absolute Gasteiger partial charge is 0.496 e. The fraction of sp³-hybridized carbons (Fsp3) is 0.385. The lowest BCUT2D eigenvalue weighted by Gasteiger charge is -2.14. The van der Waals surface area contributed by atoms with Gasteiger partial charge in [-0.3, -0.25) is 9.59 Å². The zero-order valence-electron chi connectivity index (χ0n) is 10.8. The first-order chi connectivity index (χ1) is 8.42. The summed E-state index contributed by atoms with van der Waals surface area (Å²) in [6.07, 6.45) is -0.311. The molecule has 0 heterocycles. The number of Topliss-reactive ketones (excluding diaryl/α,β-unsaturated/α-hetero) is 1. The molecule has 0 saturated carbocycles. The highest BCUT2D eigenvalue weighted by Crippen LogP contribution is 2.33. The number of esters is 1. The molecular weight excluding hydrogens is 256 g/mol. The van der Waals surface area contributed by atoms with Gasteiger partial charge in [0.05, 0.1) is 19.8 Å². The molecule has 0 amide bonds. The van der Waals surface area contributed by atoms with Gasteiger partial charge in [-0.1, -0.05) is 11.6 Å². The molecule has 98 valence electrons. The number of ketones is 1. The number of ether oxygens (including phenoxy) is 2. The molecule has 0 spiro atoms. The minimum Gasteiger partial charge on any atom is -0.496 e. The third-order valence-electron chi connectivity index (χ3n) is 2.68. The number of rotatable bonds is 4. The molecular formula is C13H15ClO4. The van der Waals surface area contributed by atoms with E-state index < -0.39 is 5.97 Å². The molecule has 18 heavy (non-hydrogen) atoms. The molecule has 0 unspecified atom stereocenters. The smallest absolute Gasteiger partial charge is 0.313 e. The third-order valence-corrected chi connectivity index (χ3v) is 3.07. The van der Waals surface area contributed by atoms with E-state index in [9.17, 15) is 9.59 Å². The van der Waals surface area contributed by atoms with Crippen LogP contribution in [0.25, 0.3) is 0 Å². The van der Waals surface area contributed by atoms with Gasteiger partial charge in [0.25, 0.3) is 0 Å². The summed E-state index contributed by atoms with van der Waals surface area (Å²) in [6.45, 7) is 3.51. The van der Waals surface area contributed by atoms with E-state index in [1.54, 1.807) is 19.9 Å². The van der Waals surface area contributed by atoms with Crippen molar-refractivity contribution in [1.29, 1.82) is 0 Å². The number of carbonyl (C=O) groups is 2. The van der Waals surface area contributed by atoms with Gasteiger partial charge >= 0.3 is 5.97 Å². The maximum Gasteiger partial charge on any atom is 0.313 e. The highest BCUT2D eigenvalue weighted by Gasteiger charge is 2.21. The number of methoxy groups -OCH3 is 2. The summed E-state index contributed by atoms with van der Waals surface area (Å²) in [6, 6.07) is 1.68. The molecule has 1 aromatic carbocycles. The van der Waals surface area contributed by atoms with Crippen LogP contribution in [0.15, 0.2) is 6.07 Å². The molecule has 0 radical (unpaired) electrons. The Morgan fingerprint density at radius 3 is 2.39 bits per heavy atom. The van der Waals surface area contributed by atoms with Crippen LogP contribution in [-0.2, 0) is 9.53 Å². The van der Waals surface area contributed by atoms with E-state index >= 15 is 0 Å². The van der Waals surface area contributed by atoms with Gasteiger partial charge < -0.3 is 9.47 Å². The van der Waals surface area contributed by atoms with Crippen LogP contribution in [0.2, 0.25) is 5.02 Å². The number of halogens is 1. The number of hydrogen-bond acceptors (Lipinski definition) is 4. The lowest BCUT2D eigenvalue weighted by atomic mass is 9.98. The maximum atomic E-state index is 12.1. The highest BCUT2D eigenvalue weighted by molar-refractivity contribution is 6.32. The van der Waals surface area contributed by atoms with Gasteiger partial charge in [-0.25, -0.2) is 0 Å². The van der Waals surface area contributed by atoms with Crippen molar-refractivity contribution in [2.75, 3.05) is 14.2 Å². The van der Waals surface area contributed by atoms with Crippen LogP contribution in [0.1, 0.15) is 27.9 Å². The fourth-order valence-corrected chi connectivity index (χ4v) is 1.99. The minimum absolute atomic E-state index is 0.311. The summed E-state index contributed by atoms with van der Waals surface area (Å²) in [4.78, 5) is 23.2. The molecule has 1 aromatic rings. The summed E-state index contributed by atoms with van der Waals surface area (Å²) >= 11 is 6.02. The van der Waals surface area contributed by atoms with Gasteiger partial charge in [0.15, 0.2) is 5.78 Å². The van der Waals surface area contributed by atoms with E-state index in [1.807, 2.05) is 0 Å². The summed E-state index contributed by atoms with van der Waals surface area (Å²) < 4.78 is 9.70. The predicted octanol–water partition coefficient (Wildman–Crippen LogP) is 2.71. The second-order valence-corrected chi connectivity index (χ2v) is 4.29. The Kier molecular flexibility index (Phi) is 4.73. The molecule has 0 fully saturated rings. The van der Waals surface area contributed by atoms with Crippen LogP contribution >= 0.6 is 11.6 Å². The first-order valence-electron chi connectivity index (χ1n) is 5.36. The molecule has 0 aliphatic carbocycles. The zero-order chi connectivity index (χ0) is 13.9. The first-order valence-corrected chi connectivity index (χ1v) is 5.73. The first kappa shape index (κ1) is 14.5. The second-order valence-electron chi connectivity index (χ2n) is 3.88. The Balaban J connectivity index is 3.27. The van der Waals surface area contributed by atoms with Crippen LogP contribution in [0.3, 0.4) is 0 Å². The molecule has 0 N–H and O–H groups in total. The Morgan fingerprint density at radius 1 is 1.28 bits per heavy atom. The average molecular weight is 271 g/mol. The SMILES string of the molecule is COC(=O)CC(=O)c1c(C)cc(Cl)c(C)c1OC. The van der Waals surface area contributed by atoms with Crippen LogP contribution in [0, 0.1) is 13.8 Å². The van der Waals surface area contributed by atoms with Crippen molar-refractivity contribution in [2.24, 2.45) is 0 Å². The average Bonchev–Trinajstić information content (AvgIpc) is 2.32. The predicted molar refractivity (Wildman–Crippen MR) is 68.4 cm³/mol. The lowest BCUT2D eigenvalue weighted by Crippen LogP contribution is -2.12. The van der Waals surface area contributed by atoms with E-state index in [2.05, 4.69) is 4.74 Å². The lowest BCUT2D eigenvalue weighted by molar-refractivity contribution is -0.139. The highest BCUT2D eigenvalue weighted by atomic mass is 35.5. The molecule has 0 atom stereocenters. The number of hydrogen-bond donors (Lipinski definition) is 0. The molecule has 4 nitrogen and oxygen atoms in total. The van der Waals surface area contributed by atoms with Gasteiger partial charge in [-0.2, -0.15) is 0 Å². The van der Waals surface area contributed by atoms with E-state index in [0.29, 0.717) is 27.5 Å². The molecule has 1 rings (SSSR count). The Labute approximate surface area is 111 Å². The monoisotopic (exact) mass is 270 g/mol. The third kappa shape index (κ3) is 2.82. The van der Waals surface area contributed by atoms with Crippen molar-refractivity contribution in [3.63, 3.8) is 0 Å². The van der Waals surface area contributed by atoms with Crippen LogP contribution in [0.5, 0.6) is 5.75 Å². The summed E-state index contributed by atoms with van der Waals surface area (Å²) in [5.41, 5.74) is 1.74. The second kappa shape index (κ2) is 5.87. The van der Waals surface area contributed by atoms with Gasteiger partial charge in [-0.15, -0.1) is 0 Å². The van der Waals surface area contributed by atoms with E-state index in [4.69, 9.17) is 16.3 Å². The maximum absolute atomic E-state index is 12.1. The molecule has 5 heteroatoms. The molecule has 0 aliphatic rings. The summed E-state index contributed by atoms with van der Waals surface area (Å²) in [7, 11) is 2.71. The summed E-state index contributed by atoms with van der Waals surface area (Å²) in [5, 5.41) is 0.527. The van der Waals surface area contributed by atoms with E-state index in [-0.39, 0.29) is 12.2 Å². The fourth-order valence-electron chi connectivity index (χ4n) is 1.74. The van der Waals surface area contributed by atoms with Crippen LogP contribution in [0.4, 0.5) is 0 Å². The minimum atomic E-state index is -0.575. The number of carbonyl (C=O) groups excluding carboxylic acids is 2. The standard InChI is InChI=1S/C13H15ClO4/c1-7-5-9(14)8(2)13(18-4)12(7)10(15)6-11(16)17-3/h5H,6H2,1-4H3. The Morgan fingerprint density at radius 2 is 1.89 bits per heavy atom. The number of aryl methyl sites for hydroxylation is 1. The van der Waals surface area contributed by atoms with Crippen LogP contribution in [-0.4, -0.2) is 26.0 Å². The summed E-state index contributed by atoms with van der Waals surface area (Å²) in [5.74, 6) is -0.501. The Hall–Kier alpha value is -1.55.